The molecule has 3 heteroatoms. The summed E-state index contributed by atoms with van der Waals surface area (Å²) in [5.41, 5.74) is 0. The van der Waals surface area contributed by atoms with Crippen LogP contribution in [-0.2, 0) is 0 Å². The highest BCUT2D eigenvalue weighted by Crippen LogP contribution is 2.04. The minimum Gasteiger partial charge on any atom is -0.310 e. The number of likely N-dealkylation sites (N-methyl/N-ethyl adjacent to an activating group) is 2. The first-order valence-corrected chi connectivity index (χ1v) is 6.42. The molecule has 1 atom stereocenters. The van der Waals surface area contributed by atoms with E-state index in [0.717, 1.165) is 19.6 Å². The zero-order chi connectivity index (χ0) is 12.7. The summed E-state index contributed by atoms with van der Waals surface area (Å²) in [5.74, 6) is 0.684. The Labute approximate surface area is 102 Å². The average molecular weight is 229 g/mol. The van der Waals surface area contributed by atoms with Crippen molar-refractivity contribution in [1.29, 1.82) is 0 Å². The molecule has 0 aromatic heterocycles. The van der Waals surface area contributed by atoms with Crippen molar-refractivity contribution < 1.29 is 0 Å². The molecule has 0 fully saturated rings. The maximum absolute atomic E-state index is 3.64. The summed E-state index contributed by atoms with van der Waals surface area (Å²) >= 11 is 0. The summed E-state index contributed by atoms with van der Waals surface area (Å²) in [4.78, 5) is 4.65. The molecule has 0 rings (SSSR count). The predicted molar refractivity (Wildman–Crippen MR) is 72.9 cm³/mol. The molecule has 0 aliphatic carbocycles. The van der Waals surface area contributed by atoms with E-state index in [1.54, 1.807) is 0 Å². The molecular weight excluding hydrogens is 198 g/mol. The van der Waals surface area contributed by atoms with Crippen LogP contribution in [0.3, 0.4) is 0 Å². The van der Waals surface area contributed by atoms with Gasteiger partial charge in [0.2, 0.25) is 0 Å². The van der Waals surface area contributed by atoms with Gasteiger partial charge in [-0.05, 0) is 27.1 Å². The van der Waals surface area contributed by atoms with E-state index in [-0.39, 0.29) is 0 Å². The minimum atomic E-state index is 0.564. The van der Waals surface area contributed by atoms with Gasteiger partial charge in [-0.2, -0.15) is 0 Å². The Kier molecular flexibility index (Phi) is 7.98. The number of hydrogen-bond acceptors (Lipinski definition) is 3. The summed E-state index contributed by atoms with van der Waals surface area (Å²) in [6.07, 6.45) is 0. The fourth-order valence-electron chi connectivity index (χ4n) is 1.68. The van der Waals surface area contributed by atoms with Gasteiger partial charge in [0.25, 0.3) is 0 Å². The number of nitrogens with one attached hydrogen (secondary N) is 1. The average Bonchev–Trinajstić information content (AvgIpc) is 2.12. The summed E-state index contributed by atoms with van der Waals surface area (Å²) in [5, 5.41) is 3.64. The normalized spacial score (nSPS) is 14.4. The molecule has 1 unspecified atom stereocenters. The van der Waals surface area contributed by atoms with Gasteiger partial charge in [0.15, 0.2) is 0 Å². The van der Waals surface area contributed by atoms with Crippen molar-refractivity contribution >= 4 is 0 Å². The molecule has 0 aliphatic heterocycles. The largest absolute Gasteiger partial charge is 0.310 e. The van der Waals surface area contributed by atoms with Crippen molar-refractivity contribution in [2.24, 2.45) is 5.92 Å². The molecule has 0 heterocycles. The van der Waals surface area contributed by atoms with Gasteiger partial charge in [0.05, 0.1) is 0 Å². The fraction of sp³-hybridized carbons (Fsp3) is 1.00. The maximum Gasteiger partial charge on any atom is 0.0220 e. The molecule has 0 radical (unpaired) electrons. The fourth-order valence-corrected chi connectivity index (χ4v) is 1.68. The van der Waals surface area contributed by atoms with Crippen LogP contribution in [0.2, 0.25) is 0 Å². The van der Waals surface area contributed by atoms with Crippen LogP contribution in [-0.4, -0.2) is 62.7 Å². The predicted octanol–water partition coefficient (Wildman–Crippen LogP) is 1.50. The summed E-state index contributed by atoms with van der Waals surface area (Å²) in [7, 11) is 6.46. The van der Waals surface area contributed by atoms with E-state index >= 15 is 0 Å². The van der Waals surface area contributed by atoms with Crippen molar-refractivity contribution in [3.8, 4) is 0 Å². The first-order valence-electron chi connectivity index (χ1n) is 6.42. The van der Waals surface area contributed by atoms with Crippen LogP contribution in [0.4, 0.5) is 0 Å². The molecule has 0 spiro atoms. The van der Waals surface area contributed by atoms with Gasteiger partial charge in [-0.15, -0.1) is 0 Å². The monoisotopic (exact) mass is 229 g/mol. The van der Waals surface area contributed by atoms with Crippen molar-refractivity contribution in [3.05, 3.63) is 0 Å². The van der Waals surface area contributed by atoms with Gasteiger partial charge >= 0.3 is 0 Å². The van der Waals surface area contributed by atoms with Crippen molar-refractivity contribution in [2.75, 3.05) is 40.8 Å². The molecule has 0 aromatic rings. The van der Waals surface area contributed by atoms with Gasteiger partial charge in [-0.25, -0.2) is 0 Å². The number of hydrogen-bond donors (Lipinski definition) is 1. The van der Waals surface area contributed by atoms with Gasteiger partial charge in [-0.1, -0.05) is 27.7 Å². The Morgan fingerprint density at radius 1 is 0.938 bits per heavy atom. The van der Waals surface area contributed by atoms with Crippen molar-refractivity contribution in [1.82, 2.24) is 15.1 Å². The summed E-state index contributed by atoms with van der Waals surface area (Å²) in [6.45, 7) is 12.4. The van der Waals surface area contributed by atoms with Gasteiger partial charge < -0.3 is 15.1 Å². The third-order valence-corrected chi connectivity index (χ3v) is 2.79. The van der Waals surface area contributed by atoms with E-state index in [0.29, 0.717) is 18.0 Å². The minimum absolute atomic E-state index is 0.564. The Balaban J connectivity index is 3.98. The lowest BCUT2D eigenvalue weighted by molar-refractivity contribution is 0.226. The van der Waals surface area contributed by atoms with Gasteiger partial charge in [0, 0.05) is 31.7 Å². The third kappa shape index (κ3) is 8.08. The highest BCUT2D eigenvalue weighted by molar-refractivity contribution is 4.76. The molecule has 0 saturated carbocycles. The van der Waals surface area contributed by atoms with Crippen LogP contribution < -0.4 is 5.32 Å². The topological polar surface area (TPSA) is 18.5 Å². The second-order valence-electron chi connectivity index (χ2n) is 5.74. The van der Waals surface area contributed by atoms with E-state index in [4.69, 9.17) is 0 Å². The Morgan fingerprint density at radius 2 is 1.50 bits per heavy atom. The molecule has 0 aromatic carbocycles. The van der Waals surface area contributed by atoms with Crippen molar-refractivity contribution in [2.45, 2.75) is 39.8 Å². The summed E-state index contributed by atoms with van der Waals surface area (Å²) in [6, 6.07) is 1.15. The highest BCUT2D eigenvalue weighted by Gasteiger charge is 2.16. The first-order chi connectivity index (χ1) is 7.32. The van der Waals surface area contributed by atoms with E-state index < -0.39 is 0 Å². The van der Waals surface area contributed by atoms with E-state index in [2.05, 4.69) is 64.0 Å². The van der Waals surface area contributed by atoms with Gasteiger partial charge in [-0.3, -0.25) is 0 Å². The van der Waals surface area contributed by atoms with Crippen LogP contribution in [0.1, 0.15) is 27.7 Å². The maximum atomic E-state index is 3.64. The van der Waals surface area contributed by atoms with Crippen LogP contribution in [0, 0.1) is 5.92 Å². The molecule has 0 bridgehead atoms. The highest BCUT2D eigenvalue weighted by atomic mass is 15.2. The van der Waals surface area contributed by atoms with Crippen LogP contribution in [0.5, 0.6) is 0 Å². The Bertz CT molecular complexity index is 167. The zero-order valence-corrected chi connectivity index (χ0v) is 12.2. The lowest BCUT2D eigenvalue weighted by Gasteiger charge is -2.30. The lowest BCUT2D eigenvalue weighted by Crippen LogP contribution is -2.46. The van der Waals surface area contributed by atoms with Gasteiger partial charge in [0.1, 0.15) is 0 Å². The zero-order valence-electron chi connectivity index (χ0n) is 12.2. The smallest absolute Gasteiger partial charge is 0.0220 e. The van der Waals surface area contributed by atoms with E-state index in [1.807, 2.05) is 0 Å². The molecule has 0 saturated heterocycles. The van der Waals surface area contributed by atoms with E-state index in [9.17, 15) is 0 Å². The van der Waals surface area contributed by atoms with E-state index in [1.165, 1.54) is 0 Å². The summed E-state index contributed by atoms with van der Waals surface area (Å²) < 4.78 is 0. The molecule has 3 nitrogen and oxygen atoms in total. The second kappa shape index (κ2) is 8.04. The molecule has 0 amide bonds. The molecular formula is C13H31N3. The molecule has 1 N–H and O–H groups in total. The van der Waals surface area contributed by atoms with Crippen LogP contribution >= 0.6 is 0 Å². The SMILES string of the molecule is CC(C)NC(CN(C)CCN(C)C)C(C)C. The van der Waals surface area contributed by atoms with Crippen LogP contribution in [0.15, 0.2) is 0 Å². The molecule has 98 valence electrons. The Hall–Kier alpha value is -0.120. The van der Waals surface area contributed by atoms with Crippen LogP contribution in [0.25, 0.3) is 0 Å². The quantitative estimate of drug-likeness (QED) is 0.680. The first kappa shape index (κ1) is 15.9. The third-order valence-electron chi connectivity index (χ3n) is 2.79. The molecule has 16 heavy (non-hydrogen) atoms. The molecule has 0 aliphatic rings. The van der Waals surface area contributed by atoms with Crippen molar-refractivity contribution in [3.63, 3.8) is 0 Å². The number of rotatable bonds is 8. The lowest BCUT2D eigenvalue weighted by atomic mass is 10.0. The Morgan fingerprint density at radius 3 is 1.88 bits per heavy atom. The standard InChI is InChI=1S/C13H31N3/c1-11(2)13(14-12(3)4)10-16(7)9-8-15(5)6/h11-14H,8-10H2,1-7H3. The number of nitrogens with zero attached hydrogens (tertiary/aromatic N) is 2. The second-order valence-corrected chi connectivity index (χ2v) is 5.74.